The first kappa shape index (κ1) is 21.2. The van der Waals surface area contributed by atoms with Crippen molar-refractivity contribution in [1.82, 2.24) is 4.90 Å². The number of hydrogen-bond acceptors (Lipinski definition) is 5. The molecule has 5 nitrogen and oxygen atoms in total. The van der Waals surface area contributed by atoms with Crippen molar-refractivity contribution in [1.29, 1.82) is 0 Å². The van der Waals surface area contributed by atoms with E-state index in [2.05, 4.69) is 17.0 Å². The second kappa shape index (κ2) is 10.9. The van der Waals surface area contributed by atoms with E-state index in [1.54, 1.807) is 12.1 Å². The third-order valence-electron chi connectivity index (χ3n) is 5.29. The van der Waals surface area contributed by atoms with E-state index in [-0.39, 0.29) is 17.8 Å². The predicted octanol–water partition coefficient (Wildman–Crippen LogP) is 4.44. The maximum atomic E-state index is 12.6. The lowest BCUT2D eigenvalue weighted by Gasteiger charge is -2.34. The Morgan fingerprint density at radius 1 is 1.10 bits per heavy atom. The molecule has 0 aromatic heterocycles. The first-order valence-electron chi connectivity index (χ1n) is 10.6. The number of ether oxygens (including phenoxy) is 2. The zero-order valence-corrected chi connectivity index (χ0v) is 17.2. The highest BCUT2D eigenvalue weighted by atomic mass is 16.5. The van der Waals surface area contributed by atoms with E-state index in [0.29, 0.717) is 24.5 Å². The number of carbonyl (C=O) groups is 1. The van der Waals surface area contributed by atoms with Crippen molar-refractivity contribution in [3.8, 4) is 11.5 Å². The molecule has 156 valence electrons. The molecular formula is C24H31NO4. The lowest BCUT2D eigenvalue weighted by molar-refractivity contribution is 0.0319. The van der Waals surface area contributed by atoms with Gasteiger partial charge in [0.2, 0.25) is 0 Å². The maximum absolute atomic E-state index is 12.6. The van der Waals surface area contributed by atoms with E-state index in [1.807, 2.05) is 25.1 Å². The van der Waals surface area contributed by atoms with Gasteiger partial charge in [0.15, 0.2) is 11.5 Å². The summed E-state index contributed by atoms with van der Waals surface area (Å²) in [4.78, 5) is 15.1. The molecule has 2 aromatic carbocycles. The van der Waals surface area contributed by atoms with Crippen LogP contribution in [0.5, 0.6) is 11.5 Å². The van der Waals surface area contributed by atoms with Crippen molar-refractivity contribution in [2.75, 3.05) is 26.3 Å². The lowest BCUT2D eigenvalue weighted by atomic mass is 10.0. The van der Waals surface area contributed by atoms with Crippen LogP contribution < -0.4 is 4.74 Å². The van der Waals surface area contributed by atoms with Crippen molar-refractivity contribution in [3.63, 3.8) is 0 Å². The number of rotatable bonds is 9. The van der Waals surface area contributed by atoms with E-state index in [4.69, 9.17) is 9.47 Å². The highest BCUT2D eigenvalue weighted by Crippen LogP contribution is 2.27. The van der Waals surface area contributed by atoms with Crippen molar-refractivity contribution in [3.05, 3.63) is 59.7 Å². The molecule has 5 heteroatoms. The summed E-state index contributed by atoms with van der Waals surface area (Å²) in [6.45, 7) is 4.91. The van der Waals surface area contributed by atoms with Crippen molar-refractivity contribution in [2.45, 2.75) is 45.1 Å². The third kappa shape index (κ3) is 6.23. The van der Waals surface area contributed by atoms with Gasteiger partial charge in [-0.25, -0.2) is 4.79 Å². The Kier molecular flexibility index (Phi) is 7.94. The molecule has 1 atom stereocenters. The number of phenolic OH excluding ortho intramolecular Hbond substituents is 1. The molecular weight excluding hydrogens is 366 g/mol. The first-order chi connectivity index (χ1) is 14.2. The Bertz CT molecular complexity index is 772. The zero-order chi connectivity index (χ0) is 20.5. The molecule has 1 saturated heterocycles. The molecule has 0 bridgehead atoms. The second-order valence-corrected chi connectivity index (χ2v) is 7.57. The van der Waals surface area contributed by atoms with Gasteiger partial charge in [0, 0.05) is 6.04 Å². The molecule has 1 aliphatic heterocycles. The van der Waals surface area contributed by atoms with Crippen LogP contribution in [0.1, 0.15) is 48.5 Å². The number of piperidine rings is 1. The van der Waals surface area contributed by atoms with Gasteiger partial charge < -0.3 is 14.6 Å². The summed E-state index contributed by atoms with van der Waals surface area (Å²) < 4.78 is 11.2. The molecule has 1 aliphatic rings. The van der Waals surface area contributed by atoms with Gasteiger partial charge in [0.05, 0.1) is 12.2 Å². The summed E-state index contributed by atoms with van der Waals surface area (Å²) in [5, 5.41) is 9.91. The van der Waals surface area contributed by atoms with Crippen LogP contribution in [0, 0.1) is 0 Å². The van der Waals surface area contributed by atoms with Gasteiger partial charge in [0.1, 0.15) is 6.61 Å². The van der Waals surface area contributed by atoms with Gasteiger partial charge in [-0.15, -0.1) is 0 Å². The van der Waals surface area contributed by atoms with Crippen molar-refractivity contribution < 1.29 is 19.4 Å². The van der Waals surface area contributed by atoms with Gasteiger partial charge in [-0.2, -0.15) is 0 Å². The van der Waals surface area contributed by atoms with E-state index in [9.17, 15) is 9.90 Å². The van der Waals surface area contributed by atoms with Gasteiger partial charge in [0.25, 0.3) is 0 Å². The van der Waals surface area contributed by atoms with Gasteiger partial charge in [-0.1, -0.05) is 43.7 Å². The molecule has 3 rings (SSSR count). The van der Waals surface area contributed by atoms with Gasteiger partial charge in [-0.3, -0.25) is 4.90 Å². The number of nitrogens with zero attached hydrogens (tertiary/aromatic N) is 1. The Morgan fingerprint density at radius 2 is 1.86 bits per heavy atom. The minimum Gasteiger partial charge on any atom is -0.504 e. The minimum atomic E-state index is -0.388. The van der Waals surface area contributed by atoms with Crippen LogP contribution in [0.15, 0.2) is 48.5 Å². The number of aromatic hydroxyl groups is 1. The lowest BCUT2D eigenvalue weighted by Crippen LogP contribution is -2.43. The predicted molar refractivity (Wildman–Crippen MR) is 114 cm³/mol. The van der Waals surface area contributed by atoms with Crippen LogP contribution in [-0.2, 0) is 11.2 Å². The highest BCUT2D eigenvalue weighted by molar-refractivity contribution is 5.90. The SMILES string of the molecule is CCCOc1cc(C(=O)OC[C@H](Cc2ccccc2)N2CCCCC2)ccc1O. The second-order valence-electron chi connectivity index (χ2n) is 7.57. The van der Waals surface area contributed by atoms with Crippen LogP contribution in [-0.4, -0.2) is 48.3 Å². The summed E-state index contributed by atoms with van der Waals surface area (Å²) in [5.41, 5.74) is 1.64. The van der Waals surface area contributed by atoms with E-state index in [0.717, 1.165) is 25.9 Å². The Morgan fingerprint density at radius 3 is 2.59 bits per heavy atom. The number of esters is 1. The normalized spacial score (nSPS) is 15.6. The standard InChI is InChI=1S/C24H31NO4/c1-2-15-28-23-17-20(11-12-22(23)26)24(27)29-18-21(25-13-7-4-8-14-25)16-19-9-5-3-6-10-19/h3,5-6,9-12,17,21,26H,2,4,7-8,13-16,18H2,1H3/t21-/m0/s1. The fourth-order valence-electron chi connectivity index (χ4n) is 3.69. The van der Waals surface area contributed by atoms with Crippen LogP contribution >= 0.6 is 0 Å². The quantitative estimate of drug-likeness (QED) is 0.634. The van der Waals surface area contributed by atoms with Crippen LogP contribution in [0.4, 0.5) is 0 Å². The third-order valence-corrected chi connectivity index (χ3v) is 5.29. The van der Waals surface area contributed by atoms with Crippen molar-refractivity contribution >= 4 is 5.97 Å². The van der Waals surface area contributed by atoms with Crippen LogP contribution in [0.25, 0.3) is 0 Å². The average Bonchev–Trinajstić information content (AvgIpc) is 2.77. The molecule has 0 radical (unpaired) electrons. The maximum Gasteiger partial charge on any atom is 0.338 e. The largest absolute Gasteiger partial charge is 0.504 e. The zero-order valence-electron chi connectivity index (χ0n) is 17.2. The molecule has 0 amide bonds. The van der Waals surface area contributed by atoms with E-state index >= 15 is 0 Å². The van der Waals surface area contributed by atoms with Crippen molar-refractivity contribution in [2.24, 2.45) is 0 Å². The summed E-state index contributed by atoms with van der Waals surface area (Å²) in [6.07, 6.45) is 5.33. The number of hydrogen-bond donors (Lipinski definition) is 1. The molecule has 0 unspecified atom stereocenters. The molecule has 29 heavy (non-hydrogen) atoms. The number of carbonyl (C=O) groups excluding carboxylic acids is 1. The number of phenols is 1. The fourth-order valence-corrected chi connectivity index (χ4v) is 3.69. The average molecular weight is 398 g/mol. The first-order valence-corrected chi connectivity index (χ1v) is 10.6. The summed E-state index contributed by atoms with van der Waals surface area (Å²) in [7, 11) is 0. The fraction of sp³-hybridized carbons (Fsp3) is 0.458. The molecule has 1 fully saturated rings. The molecule has 0 saturated carbocycles. The molecule has 2 aromatic rings. The summed E-state index contributed by atoms with van der Waals surface area (Å²) in [5.74, 6) is -0.0372. The molecule has 0 aliphatic carbocycles. The van der Waals surface area contributed by atoms with E-state index in [1.165, 1.54) is 30.9 Å². The minimum absolute atomic E-state index is 0.0327. The summed E-state index contributed by atoms with van der Waals surface area (Å²) >= 11 is 0. The van der Waals surface area contributed by atoms with Crippen LogP contribution in [0.3, 0.4) is 0 Å². The van der Waals surface area contributed by atoms with Gasteiger partial charge in [-0.05, 0) is 62.5 Å². The highest BCUT2D eigenvalue weighted by Gasteiger charge is 2.23. The molecule has 0 spiro atoms. The Labute approximate surface area is 173 Å². The monoisotopic (exact) mass is 397 g/mol. The van der Waals surface area contributed by atoms with Crippen LogP contribution in [0.2, 0.25) is 0 Å². The topological polar surface area (TPSA) is 59.0 Å². The summed E-state index contributed by atoms with van der Waals surface area (Å²) in [6, 6.07) is 15.1. The molecule has 1 heterocycles. The van der Waals surface area contributed by atoms with E-state index < -0.39 is 0 Å². The Hall–Kier alpha value is -2.53. The number of benzene rings is 2. The smallest absolute Gasteiger partial charge is 0.338 e. The van der Waals surface area contributed by atoms with Gasteiger partial charge >= 0.3 is 5.97 Å². The number of likely N-dealkylation sites (tertiary alicyclic amines) is 1. The molecule has 1 N–H and O–H groups in total. The Balaban J connectivity index is 1.65.